The highest BCUT2D eigenvalue weighted by Crippen LogP contribution is 2.05. The molecule has 0 aliphatic heterocycles. The molecule has 2 heterocycles. The molecule has 0 saturated carbocycles. The van der Waals surface area contributed by atoms with E-state index in [4.69, 9.17) is 0 Å². The summed E-state index contributed by atoms with van der Waals surface area (Å²) in [5, 5.41) is 13.5. The fourth-order valence-electron chi connectivity index (χ4n) is 1.75. The smallest absolute Gasteiger partial charge is 0.242 e. The number of carbonyl (C=O) groups is 1. The molecule has 2 aromatic heterocycles. The number of hydrogen-bond donors (Lipinski definition) is 2. The Morgan fingerprint density at radius 1 is 1.56 bits per heavy atom. The predicted molar refractivity (Wildman–Crippen MR) is 64.6 cm³/mol. The van der Waals surface area contributed by atoms with Gasteiger partial charge in [0.1, 0.15) is 18.7 Å². The molecule has 0 aliphatic rings. The lowest BCUT2D eigenvalue weighted by atomic mass is 10.3. The number of carbonyl (C=O) groups excluding carboxylic acids is 1. The zero-order valence-corrected chi connectivity index (χ0v) is 10.6. The van der Waals surface area contributed by atoms with Gasteiger partial charge < -0.3 is 5.32 Å². The van der Waals surface area contributed by atoms with Gasteiger partial charge in [0.15, 0.2) is 0 Å². The number of aromatic nitrogens is 5. The molecule has 2 N–H and O–H groups in total. The van der Waals surface area contributed by atoms with Crippen molar-refractivity contribution in [1.82, 2.24) is 30.3 Å². The highest BCUT2D eigenvalue weighted by Gasteiger charge is 2.13. The van der Waals surface area contributed by atoms with E-state index in [1.165, 1.54) is 6.33 Å². The number of hydrogen-bond acceptors (Lipinski definition) is 4. The zero-order chi connectivity index (χ0) is 13.1. The van der Waals surface area contributed by atoms with Gasteiger partial charge in [-0.1, -0.05) is 0 Å². The first-order valence-corrected chi connectivity index (χ1v) is 5.72. The van der Waals surface area contributed by atoms with Gasteiger partial charge in [0, 0.05) is 5.69 Å². The van der Waals surface area contributed by atoms with Crippen molar-refractivity contribution >= 4 is 5.91 Å². The molecule has 1 amide bonds. The highest BCUT2D eigenvalue weighted by molar-refractivity contribution is 5.76. The highest BCUT2D eigenvalue weighted by atomic mass is 16.2. The molecular formula is C11H16N6O. The first kappa shape index (κ1) is 12.3. The first-order chi connectivity index (χ1) is 8.56. The minimum Gasteiger partial charge on any atom is -0.345 e. The van der Waals surface area contributed by atoms with Crippen LogP contribution in [-0.2, 0) is 11.3 Å². The average molecular weight is 248 g/mol. The lowest BCUT2D eigenvalue weighted by Gasteiger charge is -2.11. The Morgan fingerprint density at radius 3 is 2.89 bits per heavy atom. The second-order valence-corrected chi connectivity index (χ2v) is 4.24. The zero-order valence-electron chi connectivity index (χ0n) is 10.6. The first-order valence-electron chi connectivity index (χ1n) is 5.72. The Morgan fingerprint density at radius 2 is 2.33 bits per heavy atom. The van der Waals surface area contributed by atoms with Gasteiger partial charge in [-0.15, -0.1) is 0 Å². The fourth-order valence-corrected chi connectivity index (χ4v) is 1.75. The topological polar surface area (TPSA) is 88.5 Å². The minimum atomic E-state index is -0.197. The molecule has 0 bridgehead atoms. The fraction of sp³-hybridized carbons (Fsp3) is 0.455. The molecule has 7 heteroatoms. The summed E-state index contributed by atoms with van der Waals surface area (Å²) in [6.45, 7) is 5.88. The maximum atomic E-state index is 11.8. The molecule has 0 radical (unpaired) electrons. The maximum Gasteiger partial charge on any atom is 0.242 e. The predicted octanol–water partition coefficient (Wildman–Crippen LogP) is 0.495. The summed E-state index contributed by atoms with van der Waals surface area (Å²) in [4.78, 5) is 15.8. The Labute approximate surface area is 105 Å². The molecule has 1 atom stereocenters. The van der Waals surface area contributed by atoms with Crippen molar-refractivity contribution < 1.29 is 4.79 Å². The molecule has 0 spiro atoms. The Balaban J connectivity index is 1.95. The van der Waals surface area contributed by atoms with Crippen molar-refractivity contribution in [3.63, 3.8) is 0 Å². The van der Waals surface area contributed by atoms with E-state index >= 15 is 0 Å². The molecule has 0 saturated heterocycles. The summed E-state index contributed by atoms with van der Waals surface area (Å²) >= 11 is 0. The van der Waals surface area contributed by atoms with E-state index in [0.717, 1.165) is 11.4 Å². The van der Waals surface area contributed by atoms with E-state index in [1.54, 1.807) is 4.68 Å². The second kappa shape index (κ2) is 4.99. The number of aromatic amines is 1. The van der Waals surface area contributed by atoms with E-state index in [1.807, 2.05) is 26.8 Å². The molecule has 1 unspecified atom stereocenters. The van der Waals surface area contributed by atoms with Crippen LogP contribution >= 0.6 is 0 Å². The number of amides is 1. The number of aryl methyl sites for hydroxylation is 2. The largest absolute Gasteiger partial charge is 0.345 e. The molecule has 0 aromatic carbocycles. The lowest BCUT2D eigenvalue weighted by Crippen LogP contribution is -2.31. The molecule has 18 heavy (non-hydrogen) atoms. The van der Waals surface area contributed by atoms with Gasteiger partial charge in [-0.05, 0) is 26.8 Å². The van der Waals surface area contributed by atoms with E-state index in [-0.39, 0.29) is 18.5 Å². The van der Waals surface area contributed by atoms with Gasteiger partial charge in [-0.25, -0.2) is 4.98 Å². The summed E-state index contributed by atoms with van der Waals surface area (Å²) in [7, 11) is 0. The monoisotopic (exact) mass is 248 g/mol. The van der Waals surface area contributed by atoms with E-state index < -0.39 is 0 Å². The third-order valence-electron chi connectivity index (χ3n) is 2.62. The van der Waals surface area contributed by atoms with Gasteiger partial charge in [-0.2, -0.15) is 10.2 Å². The van der Waals surface area contributed by atoms with Gasteiger partial charge in [0.05, 0.1) is 11.7 Å². The molecule has 7 nitrogen and oxygen atoms in total. The molecule has 2 rings (SSSR count). The third-order valence-corrected chi connectivity index (χ3v) is 2.62. The third kappa shape index (κ3) is 2.73. The summed E-state index contributed by atoms with van der Waals surface area (Å²) in [6, 6.07) is 1.74. The van der Waals surface area contributed by atoms with E-state index in [9.17, 15) is 4.79 Å². The number of nitrogens with one attached hydrogen (secondary N) is 2. The lowest BCUT2D eigenvalue weighted by molar-refractivity contribution is -0.122. The van der Waals surface area contributed by atoms with Crippen molar-refractivity contribution in [3.05, 3.63) is 29.6 Å². The molecule has 0 aliphatic carbocycles. The molecule has 2 aromatic rings. The van der Waals surface area contributed by atoms with Crippen LogP contribution in [0.2, 0.25) is 0 Å². The van der Waals surface area contributed by atoms with Gasteiger partial charge >= 0.3 is 0 Å². The standard InChI is InChI=1S/C11H16N6O/c1-7-4-8(2)17(16-7)5-10(18)14-9(3)11-12-6-13-15-11/h4,6,9H,5H2,1-3H3,(H,14,18)(H,12,13,15). The molecule has 96 valence electrons. The normalized spacial score (nSPS) is 12.4. The second-order valence-electron chi connectivity index (χ2n) is 4.24. The summed E-state index contributed by atoms with van der Waals surface area (Å²) < 4.78 is 1.68. The van der Waals surface area contributed by atoms with Crippen LogP contribution in [0.1, 0.15) is 30.2 Å². The van der Waals surface area contributed by atoms with E-state index in [0.29, 0.717) is 5.82 Å². The van der Waals surface area contributed by atoms with Gasteiger partial charge in [0.25, 0.3) is 0 Å². The summed E-state index contributed by atoms with van der Waals surface area (Å²) in [5.74, 6) is 0.529. The Kier molecular flexibility index (Phi) is 3.40. The molecule has 0 fully saturated rings. The van der Waals surface area contributed by atoms with Crippen molar-refractivity contribution in [3.8, 4) is 0 Å². The SMILES string of the molecule is Cc1cc(C)n(CC(=O)NC(C)c2ncn[nH]2)n1. The average Bonchev–Trinajstić information content (AvgIpc) is 2.89. The van der Waals surface area contributed by atoms with E-state index in [2.05, 4.69) is 25.6 Å². The van der Waals surface area contributed by atoms with Crippen LogP contribution in [0, 0.1) is 13.8 Å². The van der Waals surface area contributed by atoms with Crippen LogP contribution in [-0.4, -0.2) is 30.9 Å². The maximum absolute atomic E-state index is 11.8. The van der Waals surface area contributed by atoms with Crippen LogP contribution in [0.4, 0.5) is 0 Å². The number of H-pyrrole nitrogens is 1. The van der Waals surface area contributed by atoms with Crippen molar-refractivity contribution in [2.45, 2.75) is 33.4 Å². The van der Waals surface area contributed by atoms with Crippen LogP contribution in [0.3, 0.4) is 0 Å². The number of nitrogens with zero attached hydrogens (tertiary/aromatic N) is 4. The minimum absolute atomic E-state index is 0.106. The quantitative estimate of drug-likeness (QED) is 0.824. The molecular weight excluding hydrogens is 232 g/mol. The van der Waals surface area contributed by atoms with Crippen molar-refractivity contribution in [1.29, 1.82) is 0 Å². The number of rotatable bonds is 4. The van der Waals surface area contributed by atoms with Crippen LogP contribution in [0.25, 0.3) is 0 Å². The van der Waals surface area contributed by atoms with Crippen molar-refractivity contribution in [2.24, 2.45) is 0 Å². The van der Waals surface area contributed by atoms with Gasteiger partial charge in [0.2, 0.25) is 5.91 Å². The Bertz CT molecular complexity index is 530. The van der Waals surface area contributed by atoms with Crippen molar-refractivity contribution in [2.75, 3.05) is 0 Å². The summed E-state index contributed by atoms with van der Waals surface area (Å²) in [6.07, 6.45) is 1.42. The van der Waals surface area contributed by atoms with Crippen LogP contribution in [0.15, 0.2) is 12.4 Å². The van der Waals surface area contributed by atoms with Gasteiger partial charge in [-0.3, -0.25) is 14.6 Å². The Hall–Kier alpha value is -2.18. The summed E-state index contributed by atoms with van der Waals surface area (Å²) in [5.41, 5.74) is 1.87. The van der Waals surface area contributed by atoms with Crippen LogP contribution in [0.5, 0.6) is 0 Å². The van der Waals surface area contributed by atoms with Crippen LogP contribution < -0.4 is 5.32 Å².